The van der Waals surface area contributed by atoms with Crippen LogP contribution in [0.15, 0.2) is 42.5 Å². The lowest BCUT2D eigenvalue weighted by atomic mass is 10.1. The number of anilines is 1. The third-order valence-corrected chi connectivity index (χ3v) is 4.48. The quantitative estimate of drug-likeness (QED) is 0.849. The first-order valence-corrected chi connectivity index (χ1v) is 9.10. The molecule has 2 amide bonds. The standard InChI is InChI=1S/C21H24N2O4/c1-15-6-8-16(9-7-15)14-19(25)22-18-5-2-4-17-20(18)27-13-3-10-23(11-12-24)21(17)26/h2,4-9,24H,3,10-14H2,1H3,(H,22,25). The van der Waals surface area contributed by atoms with Gasteiger partial charge in [0.25, 0.3) is 5.91 Å². The molecule has 0 saturated heterocycles. The topological polar surface area (TPSA) is 78.9 Å². The van der Waals surface area contributed by atoms with Gasteiger partial charge in [-0.25, -0.2) is 0 Å². The van der Waals surface area contributed by atoms with Crippen LogP contribution in [0, 0.1) is 6.92 Å². The zero-order chi connectivity index (χ0) is 19.2. The van der Waals surface area contributed by atoms with Gasteiger partial charge in [0.2, 0.25) is 5.91 Å². The van der Waals surface area contributed by atoms with Crippen LogP contribution in [0.3, 0.4) is 0 Å². The van der Waals surface area contributed by atoms with Gasteiger partial charge in [-0.3, -0.25) is 9.59 Å². The van der Waals surface area contributed by atoms with Gasteiger partial charge in [0.15, 0.2) is 5.75 Å². The maximum Gasteiger partial charge on any atom is 0.257 e. The molecule has 0 bridgehead atoms. The van der Waals surface area contributed by atoms with Gasteiger partial charge in [0.1, 0.15) is 0 Å². The molecule has 6 heteroatoms. The van der Waals surface area contributed by atoms with Crippen molar-refractivity contribution >= 4 is 17.5 Å². The number of carbonyl (C=O) groups excluding carboxylic acids is 2. The van der Waals surface area contributed by atoms with E-state index in [0.717, 1.165) is 11.1 Å². The Morgan fingerprint density at radius 1 is 1.22 bits per heavy atom. The molecule has 1 aliphatic heterocycles. The van der Waals surface area contributed by atoms with Crippen molar-refractivity contribution in [2.75, 3.05) is 31.6 Å². The van der Waals surface area contributed by atoms with Gasteiger partial charge in [-0.15, -0.1) is 0 Å². The fourth-order valence-electron chi connectivity index (χ4n) is 3.08. The van der Waals surface area contributed by atoms with Crippen molar-refractivity contribution in [2.24, 2.45) is 0 Å². The molecule has 1 aliphatic rings. The fraction of sp³-hybridized carbons (Fsp3) is 0.333. The lowest BCUT2D eigenvalue weighted by Crippen LogP contribution is -2.36. The minimum atomic E-state index is -0.201. The fourth-order valence-corrected chi connectivity index (χ4v) is 3.08. The summed E-state index contributed by atoms with van der Waals surface area (Å²) in [6, 6.07) is 12.9. The van der Waals surface area contributed by atoms with E-state index in [9.17, 15) is 14.7 Å². The zero-order valence-corrected chi connectivity index (χ0v) is 15.4. The van der Waals surface area contributed by atoms with Crippen LogP contribution in [-0.2, 0) is 11.2 Å². The number of β-amino-alcohol motifs (C(OH)–C–C–N with tert-alkyl or cyclic N) is 1. The van der Waals surface area contributed by atoms with Gasteiger partial charge in [-0.05, 0) is 31.0 Å². The Bertz CT molecular complexity index is 817. The second kappa shape index (κ2) is 8.68. The number of aryl methyl sites for hydroxylation is 1. The molecule has 6 nitrogen and oxygen atoms in total. The maximum absolute atomic E-state index is 12.8. The van der Waals surface area contributed by atoms with Crippen molar-refractivity contribution in [1.29, 1.82) is 0 Å². The average molecular weight is 368 g/mol. The zero-order valence-electron chi connectivity index (χ0n) is 15.4. The third-order valence-electron chi connectivity index (χ3n) is 4.48. The van der Waals surface area contributed by atoms with Gasteiger partial charge in [0.05, 0.1) is 30.9 Å². The highest BCUT2D eigenvalue weighted by Gasteiger charge is 2.24. The normalized spacial score (nSPS) is 14.0. The van der Waals surface area contributed by atoms with Crippen LogP contribution in [-0.4, -0.2) is 48.1 Å². The summed E-state index contributed by atoms with van der Waals surface area (Å²) in [5.74, 6) is 0.0216. The van der Waals surface area contributed by atoms with Gasteiger partial charge in [0, 0.05) is 13.1 Å². The first-order valence-electron chi connectivity index (χ1n) is 9.10. The number of carbonyl (C=O) groups is 2. The highest BCUT2D eigenvalue weighted by atomic mass is 16.5. The summed E-state index contributed by atoms with van der Waals surface area (Å²) in [6.07, 6.45) is 0.908. The first-order chi connectivity index (χ1) is 13.1. The molecule has 2 aromatic carbocycles. The molecule has 0 spiro atoms. The summed E-state index contributed by atoms with van der Waals surface area (Å²) >= 11 is 0. The Kier molecular flexibility index (Phi) is 6.08. The number of nitrogens with zero attached hydrogens (tertiary/aromatic N) is 1. The summed E-state index contributed by atoms with van der Waals surface area (Å²) in [5, 5.41) is 12.1. The molecule has 1 heterocycles. The molecule has 27 heavy (non-hydrogen) atoms. The van der Waals surface area contributed by atoms with Gasteiger partial charge >= 0.3 is 0 Å². The van der Waals surface area contributed by atoms with E-state index in [0.29, 0.717) is 36.6 Å². The summed E-state index contributed by atoms with van der Waals surface area (Å²) in [7, 11) is 0. The van der Waals surface area contributed by atoms with Gasteiger partial charge < -0.3 is 20.1 Å². The third kappa shape index (κ3) is 4.65. The Labute approximate surface area is 158 Å². The van der Waals surface area contributed by atoms with E-state index in [1.807, 2.05) is 31.2 Å². The number of rotatable bonds is 5. The molecule has 2 N–H and O–H groups in total. The second-order valence-electron chi connectivity index (χ2n) is 6.61. The van der Waals surface area contributed by atoms with Crippen LogP contribution in [0.25, 0.3) is 0 Å². The van der Waals surface area contributed by atoms with Crippen LogP contribution in [0.1, 0.15) is 27.9 Å². The molecule has 3 rings (SSSR count). The molecular formula is C21H24N2O4. The van der Waals surface area contributed by atoms with E-state index < -0.39 is 0 Å². The maximum atomic E-state index is 12.8. The van der Waals surface area contributed by atoms with Crippen LogP contribution < -0.4 is 10.1 Å². The van der Waals surface area contributed by atoms with E-state index in [-0.39, 0.29) is 31.4 Å². The summed E-state index contributed by atoms with van der Waals surface area (Å²) < 4.78 is 5.80. The molecular weight excluding hydrogens is 344 g/mol. The Balaban J connectivity index is 1.80. The van der Waals surface area contributed by atoms with Crippen molar-refractivity contribution in [2.45, 2.75) is 19.8 Å². The molecule has 0 aromatic heterocycles. The smallest absolute Gasteiger partial charge is 0.257 e. The molecule has 0 atom stereocenters. The minimum absolute atomic E-state index is 0.0884. The van der Waals surface area contributed by atoms with E-state index in [1.54, 1.807) is 23.1 Å². The number of nitrogens with one attached hydrogen (secondary N) is 1. The molecule has 2 aromatic rings. The van der Waals surface area contributed by atoms with Crippen molar-refractivity contribution in [3.8, 4) is 5.75 Å². The molecule has 0 unspecified atom stereocenters. The summed E-state index contributed by atoms with van der Waals surface area (Å²) in [6.45, 7) is 3.16. The number of fused-ring (bicyclic) bond motifs is 1. The molecule has 0 radical (unpaired) electrons. The van der Waals surface area contributed by atoms with E-state index in [1.165, 1.54) is 0 Å². The van der Waals surface area contributed by atoms with Crippen LogP contribution >= 0.6 is 0 Å². The van der Waals surface area contributed by atoms with Crippen molar-refractivity contribution in [3.63, 3.8) is 0 Å². The van der Waals surface area contributed by atoms with Gasteiger partial charge in [-0.2, -0.15) is 0 Å². The van der Waals surface area contributed by atoms with Crippen molar-refractivity contribution in [3.05, 3.63) is 59.2 Å². The Hall–Kier alpha value is -2.86. The largest absolute Gasteiger partial charge is 0.490 e. The van der Waals surface area contributed by atoms with Crippen molar-refractivity contribution < 1.29 is 19.4 Å². The van der Waals surface area contributed by atoms with Crippen LogP contribution in [0.5, 0.6) is 5.75 Å². The Morgan fingerprint density at radius 3 is 2.74 bits per heavy atom. The SMILES string of the molecule is Cc1ccc(CC(=O)Nc2cccc3c2OCCCN(CCO)C3=O)cc1. The number of ether oxygens (including phenoxy) is 1. The van der Waals surface area contributed by atoms with Crippen molar-refractivity contribution in [1.82, 2.24) is 4.90 Å². The minimum Gasteiger partial charge on any atom is -0.490 e. The average Bonchev–Trinajstić information content (AvgIpc) is 2.65. The highest BCUT2D eigenvalue weighted by molar-refractivity contribution is 6.01. The van der Waals surface area contributed by atoms with E-state index >= 15 is 0 Å². The van der Waals surface area contributed by atoms with Crippen LogP contribution in [0.4, 0.5) is 5.69 Å². The van der Waals surface area contributed by atoms with Crippen LogP contribution in [0.2, 0.25) is 0 Å². The first kappa shape index (κ1) is 18.9. The number of hydrogen-bond acceptors (Lipinski definition) is 4. The molecule has 0 aliphatic carbocycles. The van der Waals surface area contributed by atoms with Gasteiger partial charge in [-0.1, -0.05) is 35.9 Å². The van der Waals surface area contributed by atoms with E-state index in [2.05, 4.69) is 5.32 Å². The van der Waals surface area contributed by atoms with E-state index in [4.69, 9.17) is 4.74 Å². The Morgan fingerprint density at radius 2 is 2.00 bits per heavy atom. The predicted octanol–water partition coefficient (Wildman–Crippen LogP) is 2.39. The number of para-hydroxylation sites is 1. The number of aliphatic hydroxyl groups excluding tert-OH is 1. The number of benzene rings is 2. The monoisotopic (exact) mass is 368 g/mol. The predicted molar refractivity (Wildman–Crippen MR) is 103 cm³/mol. The highest BCUT2D eigenvalue weighted by Crippen LogP contribution is 2.31. The lowest BCUT2D eigenvalue weighted by Gasteiger charge is -2.26. The number of hydrogen-bond donors (Lipinski definition) is 2. The lowest BCUT2D eigenvalue weighted by molar-refractivity contribution is -0.115. The number of amides is 2. The number of aliphatic hydroxyl groups is 1. The summed E-state index contributed by atoms with van der Waals surface area (Å²) in [4.78, 5) is 26.8. The summed E-state index contributed by atoms with van der Waals surface area (Å²) in [5.41, 5.74) is 2.95. The molecule has 0 saturated carbocycles. The molecule has 0 fully saturated rings. The second-order valence-corrected chi connectivity index (χ2v) is 6.61. The molecule has 142 valence electrons.